The number of amides is 4. The summed E-state index contributed by atoms with van der Waals surface area (Å²) in [5.41, 5.74) is 8.11. The summed E-state index contributed by atoms with van der Waals surface area (Å²) in [5.74, 6) is -1.53. The smallest absolute Gasteiger partial charge is 0.260 e. The van der Waals surface area contributed by atoms with Crippen LogP contribution in [0.15, 0.2) is 72.8 Å². The molecule has 0 aromatic heterocycles. The van der Waals surface area contributed by atoms with E-state index in [2.05, 4.69) is 5.32 Å². The lowest BCUT2D eigenvalue weighted by atomic mass is 10.0. The van der Waals surface area contributed by atoms with Crippen LogP contribution in [0.4, 0.5) is 11.4 Å². The molecule has 0 fully saturated rings. The number of benzene rings is 3. The summed E-state index contributed by atoms with van der Waals surface area (Å²) in [6.45, 7) is -0.256. The van der Waals surface area contributed by atoms with Gasteiger partial charge in [-0.15, -0.1) is 0 Å². The highest BCUT2D eigenvalue weighted by Gasteiger charge is 2.48. The van der Waals surface area contributed by atoms with E-state index >= 15 is 0 Å². The third kappa shape index (κ3) is 3.01. The Hall–Kier alpha value is -4.46. The number of primary amides is 1. The molecule has 5 rings (SSSR count). The number of carbonyl (C=O) groups is 4. The van der Waals surface area contributed by atoms with E-state index in [-0.39, 0.29) is 18.4 Å². The molecule has 1 atom stereocenters. The van der Waals surface area contributed by atoms with Gasteiger partial charge >= 0.3 is 0 Å². The number of hydrogen-bond acceptors (Lipinski definition) is 4. The molecule has 2 heterocycles. The fourth-order valence-electron chi connectivity index (χ4n) is 4.21. The van der Waals surface area contributed by atoms with Crippen molar-refractivity contribution in [2.45, 2.75) is 6.17 Å². The van der Waals surface area contributed by atoms with Gasteiger partial charge in [-0.3, -0.25) is 24.1 Å². The molecule has 0 spiro atoms. The molecule has 0 saturated carbocycles. The average molecular weight is 426 g/mol. The van der Waals surface area contributed by atoms with E-state index < -0.39 is 18.0 Å². The third-order valence-electron chi connectivity index (χ3n) is 5.65. The van der Waals surface area contributed by atoms with Gasteiger partial charge in [-0.1, -0.05) is 30.3 Å². The van der Waals surface area contributed by atoms with Crippen molar-refractivity contribution in [1.29, 1.82) is 0 Å². The van der Waals surface area contributed by atoms with Crippen molar-refractivity contribution in [3.63, 3.8) is 0 Å². The van der Waals surface area contributed by atoms with E-state index in [0.717, 1.165) is 0 Å². The summed E-state index contributed by atoms with van der Waals surface area (Å²) in [4.78, 5) is 53.5. The Balaban J connectivity index is 1.48. The van der Waals surface area contributed by atoms with Gasteiger partial charge in [0.2, 0.25) is 11.8 Å². The lowest BCUT2D eigenvalue weighted by Gasteiger charge is -2.40. The zero-order chi connectivity index (χ0) is 22.4. The molecule has 0 bridgehead atoms. The molecule has 3 N–H and O–H groups in total. The van der Waals surface area contributed by atoms with Gasteiger partial charge in [0.25, 0.3) is 11.8 Å². The molecule has 1 unspecified atom stereocenters. The Kier molecular flexibility index (Phi) is 4.48. The molecule has 8 nitrogen and oxygen atoms in total. The lowest BCUT2D eigenvalue weighted by Crippen LogP contribution is -2.50. The summed E-state index contributed by atoms with van der Waals surface area (Å²) in [6, 6.07) is 20.1. The van der Waals surface area contributed by atoms with E-state index in [1.807, 2.05) is 0 Å². The summed E-state index contributed by atoms with van der Waals surface area (Å²) in [5, 5.41) is 2.73. The predicted molar refractivity (Wildman–Crippen MR) is 117 cm³/mol. The summed E-state index contributed by atoms with van der Waals surface area (Å²) in [6.07, 6.45) is -0.705. The van der Waals surface area contributed by atoms with Gasteiger partial charge in [0.1, 0.15) is 12.7 Å². The van der Waals surface area contributed by atoms with Crippen LogP contribution in [0.1, 0.15) is 42.8 Å². The Morgan fingerprint density at radius 1 is 0.844 bits per heavy atom. The van der Waals surface area contributed by atoms with Crippen molar-refractivity contribution in [1.82, 2.24) is 4.90 Å². The molecule has 3 aromatic carbocycles. The van der Waals surface area contributed by atoms with Crippen molar-refractivity contribution < 1.29 is 19.2 Å². The first-order chi connectivity index (χ1) is 15.5. The third-order valence-corrected chi connectivity index (χ3v) is 5.65. The minimum Gasteiger partial charge on any atom is -0.366 e. The molecule has 0 saturated heterocycles. The Bertz CT molecular complexity index is 1290. The Labute approximate surface area is 183 Å². The number of carbonyl (C=O) groups excluding carboxylic acids is 4. The van der Waals surface area contributed by atoms with Crippen molar-refractivity contribution >= 4 is 35.0 Å². The zero-order valence-electron chi connectivity index (χ0n) is 16.8. The Morgan fingerprint density at radius 2 is 1.50 bits per heavy atom. The maximum absolute atomic E-state index is 13.3. The summed E-state index contributed by atoms with van der Waals surface area (Å²) in [7, 11) is 0. The lowest BCUT2D eigenvalue weighted by molar-refractivity contribution is -0.117. The van der Waals surface area contributed by atoms with E-state index in [0.29, 0.717) is 33.6 Å². The first kappa shape index (κ1) is 19.5. The number of nitrogens with one attached hydrogen (secondary N) is 1. The second-order valence-electron chi connectivity index (χ2n) is 7.58. The van der Waals surface area contributed by atoms with Crippen LogP contribution in [-0.2, 0) is 4.79 Å². The minimum atomic E-state index is -0.705. The highest BCUT2D eigenvalue weighted by molar-refractivity contribution is 6.17. The van der Waals surface area contributed by atoms with Crippen LogP contribution in [0.2, 0.25) is 0 Å². The van der Waals surface area contributed by atoms with Crippen molar-refractivity contribution in [3.8, 4) is 0 Å². The predicted octanol–water partition coefficient (Wildman–Crippen LogP) is 2.54. The van der Waals surface area contributed by atoms with Crippen LogP contribution in [0, 0.1) is 0 Å². The van der Waals surface area contributed by atoms with Crippen molar-refractivity contribution in [2.75, 3.05) is 16.8 Å². The number of nitrogens with zero attached hydrogens (tertiary/aromatic N) is 2. The molecule has 3 aromatic rings. The summed E-state index contributed by atoms with van der Waals surface area (Å²) >= 11 is 0. The normalized spacial score (nSPS) is 16.3. The number of anilines is 2. The summed E-state index contributed by atoms with van der Waals surface area (Å²) < 4.78 is 0. The van der Waals surface area contributed by atoms with Gasteiger partial charge < -0.3 is 16.0 Å². The van der Waals surface area contributed by atoms with Gasteiger partial charge in [0, 0.05) is 22.4 Å². The molecule has 32 heavy (non-hydrogen) atoms. The number of fused-ring (bicyclic) bond motifs is 5. The molecule has 8 heteroatoms. The van der Waals surface area contributed by atoms with Crippen LogP contribution in [0.3, 0.4) is 0 Å². The SMILES string of the molecule is NC(=O)c1ccc(NC(=O)CN2C(=O)c3ccccc3N3C(=O)c4ccccc4C23)cc1. The molecule has 0 radical (unpaired) electrons. The molecule has 2 aliphatic rings. The number of para-hydroxylation sites is 1. The van der Waals surface area contributed by atoms with E-state index in [9.17, 15) is 19.2 Å². The molecule has 2 aliphatic heterocycles. The van der Waals surface area contributed by atoms with Crippen LogP contribution in [0.25, 0.3) is 0 Å². The molecule has 0 aliphatic carbocycles. The quantitative estimate of drug-likeness (QED) is 0.667. The van der Waals surface area contributed by atoms with Gasteiger partial charge in [-0.05, 0) is 42.5 Å². The highest BCUT2D eigenvalue weighted by atomic mass is 16.2. The topological polar surface area (TPSA) is 113 Å². The van der Waals surface area contributed by atoms with E-state index in [1.165, 1.54) is 17.0 Å². The van der Waals surface area contributed by atoms with Crippen molar-refractivity contribution in [2.24, 2.45) is 5.73 Å². The number of nitrogens with two attached hydrogens (primary N) is 1. The highest BCUT2D eigenvalue weighted by Crippen LogP contribution is 2.44. The number of rotatable bonds is 4. The van der Waals surface area contributed by atoms with E-state index in [4.69, 9.17) is 5.73 Å². The first-order valence-corrected chi connectivity index (χ1v) is 9.98. The zero-order valence-corrected chi connectivity index (χ0v) is 16.8. The molecular formula is C24H18N4O4. The minimum absolute atomic E-state index is 0.210. The van der Waals surface area contributed by atoms with Gasteiger partial charge in [0.15, 0.2) is 0 Å². The fourth-order valence-corrected chi connectivity index (χ4v) is 4.21. The van der Waals surface area contributed by atoms with Crippen LogP contribution in [0.5, 0.6) is 0 Å². The van der Waals surface area contributed by atoms with Crippen LogP contribution in [-0.4, -0.2) is 35.1 Å². The fraction of sp³-hybridized carbons (Fsp3) is 0.0833. The van der Waals surface area contributed by atoms with Gasteiger partial charge in [-0.2, -0.15) is 0 Å². The van der Waals surface area contributed by atoms with Crippen molar-refractivity contribution in [3.05, 3.63) is 95.1 Å². The molecule has 158 valence electrons. The number of hydrogen-bond donors (Lipinski definition) is 2. The monoisotopic (exact) mass is 426 g/mol. The maximum Gasteiger partial charge on any atom is 0.260 e. The van der Waals surface area contributed by atoms with Gasteiger partial charge in [0.05, 0.1) is 11.3 Å². The molecule has 4 amide bonds. The largest absolute Gasteiger partial charge is 0.366 e. The Morgan fingerprint density at radius 3 is 2.22 bits per heavy atom. The standard InChI is InChI=1S/C24H18N4O4/c25-21(30)14-9-11-15(12-10-14)26-20(29)13-27-22-16-5-1-2-6-17(16)24(32)28(22)19-8-4-3-7-18(19)23(27)31/h1-12,22H,13H2,(H2,25,30)(H,26,29). The van der Waals surface area contributed by atoms with Gasteiger partial charge in [-0.25, -0.2) is 0 Å². The second kappa shape index (κ2) is 7.35. The van der Waals surface area contributed by atoms with Crippen LogP contribution >= 0.6 is 0 Å². The second-order valence-corrected chi connectivity index (χ2v) is 7.58. The average Bonchev–Trinajstić information content (AvgIpc) is 3.10. The first-order valence-electron chi connectivity index (χ1n) is 9.98. The van der Waals surface area contributed by atoms with Crippen LogP contribution < -0.4 is 16.0 Å². The maximum atomic E-state index is 13.3. The van der Waals surface area contributed by atoms with E-state index in [1.54, 1.807) is 65.6 Å². The molecular weight excluding hydrogens is 408 g/mol.